The summed E-state index contributed by atoms with van der Waals surface area (Å²) in [6.45, 7) is 5.15. The first-order valence-electron chi connectivity index (χ1n) is 7.38. The van der Waals surface area contributed by atoms with E-state index in [0.717, 1.165) is 41.7 Å². The lowest BCUT2D eigenvalue weighted by Crippen LogP contribution is -2.10. The number of thiazole rings is 1. The number of aryl methyl sites for hydroxylation is 1. The van der Waals surface area contributed by atoms with Gasteiger partial charge in [0.2, 0.25) is 0 Å². The molecule has 1 saturated carbocycles. The van der Waals surface area contributed by atoms with Crippen LogP contribution < -0.4 is 5.32 Å². The molecule has 6 heteroatoms. The zero-order chi connectivity index (χ0) is 14.8. The molecule has 0 bridgehead atoms. The summed E-state index contributed by atoms with van der Waals surface area (Å²) in [7, 11) is 0. The first kappa shape index (κ1) is 15.1. The predicted octanol–water partition coefficient (Wildman–Crippen LogP) is 4.14. The number of hydrogen-bond acceptors (Lipinski definition) is 5. The molecule has 0 aromatic carbocycles. The lowest BCUT2D eigenvalue weighted by atomic mass is 10.2. The third kappa shape index (κ3) is 3.71. The third-order valence-corrected chi connectivity index (χ3v) is 5.32. The minimum Gasteiger partial charge on any atom is -0.369 e. The van der Waals surface area contributed by atoms with Gasteiger partial charge in [0.05, 0.1) is 26.4 Å². The standard InChI is InChI=1S/C15H19IN4S/c1-3-6-17-15-13(16)14(10-4-5-10)19-12(20-15)7-11-8-21-9(2)18-11/h8,10H,3-7H2,1-2H3,(H,17,19,20). The summed E-state index contributed by atoms with van der Waals surface area (Å²) < 4.78 is 1.20. The van der Waals surface area contributed by atoms with Crippen molar-refractivity contribution in [2.75, 3.05) is 11.9 Å². The monoisotopic (exact) mass is 414 g/mol. The Kier molecular flexibility index (Phi) is 4.73. The smallest absolute Gasteiger partial charge is 0.143 e. The number of aromatic nitrogens is 3. The number of rotatable bonds is 6. The topological polar surface area (TPSA) is 50.7 Å². The number of hydrogen-bond donors (Lipinski definition) is 1. The molecule has 2 aromatic rings. The van der Waals surface area contributed by atoms with E-state index in [9.17, 15) is 0 Å². The Hall–Kier alpha value is -0.760. The maximum atomic E-state index is 4.81. The molecule has 0 unspecified atom stereocenters. The molecule has 1 aliphatic carbocycles. The van der Waals surface area contributed by atoms with E-state index in [0.29, 0.717) is 5.92 Å². The molecule has 3 rings (SSSR count). The van der Waals surface area contributed by atoms with Gasteiger partial charge in [-0.3, -0.25) is 0 Å². The van der Waals surface area contributed by atoms with E-state index >= 15 is 0 Å². The minimum absolute atomic E-state index is 0.637. The zero-order valence-corrected chi connectivity index (χ0v) is 15.3. The molecule has 21 heavy (non-hydrogen) atoms. The summed E-state index contributed by atoms with van der Waals surface area (Å²) in [6, 6.07) is 0. The van der Waals surface area contributed by atoms with E-state index in [2.05, 4.69) is 45.2 Å². The molecule has 0 saturated heterocycles. The van der Waals surface area contributed by atoms with Crippen LogP contribution >= 0.6 is 33.9 Å². The number of nitrogens with one attached hydrogen (secondary N) is 1. The van der Waals surface area contributed by atoms with Gasteiger partial charge in [0, 0.05) is 17.8 Å². The Labute approximate surface area is 143 Å². The summed E-state index contributed by atoms with van der Waals surface area (Å²) in [5.41, 5.74) is 2.30. The van der Waals surface area contributed by atoms with E-state index in [1.165, 1.54) is 22.1 Å². The second kappa shape index (κ2) is 6.56. The fraction of sp³-hybridized carbons (Fsp3) is 0.533. The van der Waals surface area contributed by atoms with Crippen LogP contribution in [-0.2, 0) is 6.42 Å². The van der Waals surface area contributed by atoms with Gasteiger partial charge in [-0.2, -0.15) is 0 Å². The first-order chi connectivity index (χ1) is 10.2. The third-order valence-electron chi connectivity index (χ3n) is 3.44. The van der Waals surface area contributed by atoms with Crippen molar-refractivity contribution in [2.24, 2.45) is 0 Å². The fourth-order valence-electron chi connectivity index (χ4n) is 2.23. The highest BCUT2D eigenvalue weighted by Gasteiger charge is 2.29. The van der Waals surface area contributed by atoms with Crippen molar-refractivity contribution in [3.63, 3.8) is 0 Å². The van der Waals surface area contributed by atoms with E-state index in [1.807, 2.05) is 6.92 Å². The van der Waals surface area contributed by atoms with Crippen LogP contribution in [0, 0.1) is 10.5 Å². The second-order valence-corrected chi connectivity index (χ2v) is 7.56. The fourth-order valence-corrected chi connectivity index (χ4v) is 3.72. The highest BCUT2D eigenvalue weighted by molar-refractivity contribution is 14.1. The minimum atomic E-state index is 0.637. The lowest BCUT2D eigenvalue weighted by Gasteiger charge is -2.12. The van der Waals surface area contributed by atoms with E-state index in [4.69, 9.17) is 9.97 Å². The Balaban J connectivity index is 1.89. The van der Waals surface area contributed by atoms with Crippen molar-refractivity contribution in [1.82, 2.24) is 15.0 Å². The molecule has 2 heterocycles. The van der Waals surface area contributed by atoms with Gasteiger partial charge < -0.3 is 5.32 Å². The van der Waals surface area contributed by atoms with Crippen LogP contribution in [0.15, 0.2) is 5.38 Å². The maximum Gasteiger partial charge on any atom is 0.143 e. The SMILES string of the molecule is CCCNc1nc(Cc2csc(C)n2)nc(C2CC2)c1I. The molecule has 1 aliphatic rings. The normalized spacial score (nSPS) is 14.4. The Morgan fingerprint density at radius 2 is 2.14 bits per heavy atom. The number of halogens is 1. The molecule has 0 aliphatic heterocycles. The van der Waals surface area contributed by atoms with Gasteiger partial charge in [0.1, 0.15) is 11.6 Å². The summed E-state index contributed by atoms with van der Waals surface area (Å²) in [5, 5.41) is 6.64. The molecule has 4 nitrogen and oxygen atoms in total. The van der Waals surface area contributed by atoms with Gasteiger partial charge in [-0.1, -0.05) is 6.92 Å². The van der Waals surface area contributed by atoms with Crippen LogP contribution in [0.3, 0.4) is 0 Å². The summed E-state index contributed by atoms with van der Waals surface area (Å²) in [6.07, 6.45) is 4.34. The van der Waals surface area contributed by atoms with Gasteiger partial charge in [-0.25, -0.2) is 15.0 Å². The number of nitrogens with zero attached hydrogens (tertiary/aromatic N) is 3. The second-order valence-electron chi connectivity index (χ2n) is 5.42. The molecule has 0 amide bonds. The van der Waals surface area contributed by atoms with Crippen molar-refractivity contribution < 1.29 is 0 Å². The van der Waals surface area contributed by atoms with Crippen LogP contribution in [0.4, 0.5) is 5.82 Å². The summed E-state index contributed by atoms with van der Waals surface area (Å²) in [5.74, 6) is 2.52. The molecule has 0 spiro atoms. The Bertz CT molecular complexity index is 637. The van der Waals surface area contributed by atoms with Crippen LogP contribution in [-0.4, -0.2) is 21.5 Å². The molecule has 0 radical (unpaired) electrons. The Morgan fingerprint density at radius 3 is 2.76 bits per heavy atom. The number of anilines is 1. The quantitative estimate of drug-likeness (QED) is 0.723. The molecule has 2 aromatic heterocycles. The average molecular weight is 414 g/mol. The van der Waals surface area contributed by atoms with Crippen molar-refractivity contribution >= 4 is 39.7 Å². The average Bonchev–Trinajstić information content (AvgIpc) is 3.23. The van der Waals surface area contributed by atoms with Gasteiger partial charge in [0.25, 0.3) is 0 Å². The Morgan fingerprint density at radius 1 is 1.33 bits per heavy atom. The lowest BCUT2D eigenvalue weighted by molar-refractivity contribution is 0.867. The molecule has 0 atom stereocenters. The van der Waals surface area contributed by atoms with Crippen LogP contribution in [0.1, 0.15) is 54.3 Å². The van der Waals surface area contributed by atoms with Gasteiger partial charge >= 0.3 is 0 Å². The van der Waals surface area contributed by atoms with Gasteiger partial charge in [-0.05, 0) is 48.8 Å². The summed E-state index contributed by atoms with van der Waals surface area (Å²) >= 11 is 4.07. The molecular weight excluding hydrogens is 395 g/mol. The van der Waals surface area contributed by atoms with E-state index in [-0.39, 0.29) is 0 Å². The molecular formula is C15H19IN4S. The van der Waals surface area contributed by atoms with Crippen LogP contribution in [0.5, 0.6) is 0 Å². The highest BCUT2D eigenvalue weighted by atomic mass is 127. The molecule has 1 N–H and O–H groups in total. The first-order valence-corrected chi connectivity index (χ1v) is 9.34. The zero-order valence-electron chi connectivity index (χ0n) is 12.3. The maximum absolute atomic E-state index is 4.81. The van der Waals surface area contributed by atoms with Gasteiger partial charge in [-0.15, -0.1) is 11.3 Å². The molecule has 1 fully saturated rings. The van der Waals surface area contributed by atoms with Gasteiger partial charge in [0.15, 0.2) is 0 Å². The summed E-state index contributed by atoms with van der Waals surface area (Å²) in [4.78, 5) is 14.1. The largest absolute Gasteiger partial charge is 0.369 e. The van der Waals surface area contributed by atoms with Crippen LogP contribution in [0.25, 0.3) is 0 Å². The van der Waals surface area contributed by atoms with Crippen LogP contribution in [0.2, 0.25) is 0 Å². The van der Waals surface area contributed by atoms with Crippen molar-refractivity contribution in [3.05, 3.63) is 31.2 Å². The van der Waals surface area contributed by atoms with E-state index < -0.39 is 0 Å². The highest BCUT2D eigenvalue weighted by Crippen LogP contribution is 2.42. The predicted molar refractivity (Wildman–Crippen MR) is 95.2 cm³/mol. The van der Waals surface area contributed by atoms with Crippen molar-refractivity contribution in [1.29, 1.82) is 0 Å². The van der Waals surface area contributed by atoms with E-state index in [1.54, 1.807) is 11.3 Å². The van der Waals surface area contributed by atoms with Crippen molar-refractivity contribution in [2.45, 2.75) is 45.4 Å². The van der Waals surface area contributed by atoms with Crippen molar-refractivity contribution in [3.8, 4) is 0 Å². The molecule has 112 valence electrons.